The van der Waals surface area contributed by atoms with Gasteiger partial charge in [-0.3, -0.25) is 20.2 Å². The normalized spacial score (nSPS) is 11.8. The fraction of sp³-hybridized carbons (Fsp3) is 0.167. The number of ether oxygens (including phenoxy) is 2. The molecule has 1 heterocycles. The first kappa shape index (κ1) is 23.2. The number of halogens is 1. The summed E-state index contributed by atoms with van der Waals surface area (Å²) in [5.74, 6) is 0.265. The highest BCUT2D eigenvalue weighted by Gasteiger charge is 2.26. The molecule has 0 saturated carbocycles. The van der Waals surface area contributed by atoms with E-state index in [4.69, 9.17) is 9.47 Å². The summed E-state index contributed by atoms with van der Waals surface area (Å²) in [6.07, 6.45) is 1.80. The zero-order valence-electron chi connectivity index (χ0n) is 18.1. The van der Waals surface area contributed by atoms with E-state index in [2.05, 4.69) is 20.9 Å². The van der Waals surface area contributed by atoms with Gasteiger partial charge in [0.2, 0.25) is 6.54 Å². The third kappa shape index (κ3) is 4.86. The third-order valence-corrected chi connectivity index (χ3v) is 6.08. The fourth-order valence-electron chi connectivity index (χ4n) is 3.91. The van der Waals surface area contributed by atoms with Crippen LogP contribution in [0, 0.1) is 20.2 Å². The van der Waals surface area contributed by atoms with Crippen LogP contribution in [-0.4, -0.2) is 28.5 Å². The van der Waals surface area contributed by atoms with Crippen molar-refractivity contribution in [3.8, 4) is 11.5 Å². The number of rotatable bonds is 9. The maximum Gasteiger partial charge on any atom is 0.269 e. The second-order valence-corrected chi connectivity index (χ2v) is 8.46. The number of methoxy groups -OCH3 is 1. The molecule has 34 heavy (non-hydrogen) atoms. The minimum Gasteiger partial charge on any atom is -0.493 e. The molecule has 0 saturated heterocycles. The van der Waals surface area contributed by atoms with Crippen LogP contribution in [-0.2, 0) is 6.61 Å². The Labute approximate surface area is 202 Å². The lowest BCUT2D eigenvalue weighted by atomic mass is 9.90. The summed E-state index contributed by atoms with van der Waals surface area (Å²) in [6.45, 7) is -0.220. The molecule has 0 aliphatic carbocycles. The Morgan fingerprint density at radius 1 is 1.06 bits per heavy atom. The van der Waals surface area contributed by atoms with Gasteiger partial charge in [0.25, 0.3) is 5.69 Å². The van der Waals surface area contributed by atoms with Gasteiger partial charge < -0.3 is 14.5 Å². The number of aromatic amines is 1. The molecular formula is C24H20BrN3O6. The summed E-state index contributed by atoms with van der Waals surface area (Å²) in [5.41, 5.74) is 2.99. The van der Waals surface area contributed by atoms with Gasteiger partial charge in [-0.25, -0.2) is 0 Å². The highest BCUT2D eigenvalue weighted by Crippen LogP contribution is 2.41. The predicted molar refractivity (Wildman–Crippen MR) is 130 cm³/mol. The molecule has 1 N–H and O–H groups in total. The first-order chi connectivity index (χ1) is 16.4. The van der Waals surface area contributed by atoms with Gasteiger partial charge in [-0.05, 0) is 50.8 Å². The number of non-ortho nitro benzene ring substituents is 1. The van der Waals surface area contributed by atoms with E-state index in [0.717, 1.165) is 16.5 Å². The highest BCUT2D eigenvalue weighted by atomic mass is 79.9. The molecule has 0 unspecified atom stereocenters. The van der Waals surface area contributed by atoms with Crippen LogP contribution in [0.25, 0.3) is 10.9 Å². The van der Waals surface area contributed by atoms with Gasteiger partial charge in [-0.15, -0.1) is 0 Å². The summed E-state index contributed by atoms with van der Waals surface area (Å²) < 4.78 is 12.0. The lowest BCUT2D eigenvalue weighted by molar-refractivity contribution is -0.481. The Hall–Kier alpha value is -3.92. The molecule has 0 spiro atoms. The van der Waals surface area contributed by atoms with Gasteiger partial charge in [0.05, 0.1) is 22.4 Å². The summed E-state index contributed by atoms with van der Waals surface area (Å²) in [5, 5.41) is 23.5. The van der Waals surface area contributed by atoms with Crippen molar-refractivity contribution in [3.63, 3.8) is 0 Å². The maximum absolute atomic E-state index is 11.5. The van der Waals surface area contributed by atoms with Crippen molar-refractivity contribution in [3.05, 3.63) is 108 Å². The summed E-state index contributed by atoms with van der Waals surface area (Å²) >= 11 is 3.51. The minimum atomic E-state index is -0.526. The van der Waals surface area contributed by atoms with E-state index in [1.165, 1.54) is 19.2 Å². The number of para-hydroxylation sites is 1. The van der Waals surface area contributed by atoms with Crippen molar-refractivity contribution in [1.29, 1.82) is 0 Å². The van der Waals surface area contributed by atoms with Gasteiger partial charge in [-0.2, -0.15) is 0 Å². The van der Waals surface area contributed by atoms with Gasteiger partial charge in [-0.1, -0.05) is 30.3 Å². The van der Waals surface area contributed by atoms with Gasteiger partial charge in [0.15, 0.2) is 11.5 Å². The molecule has 1 aromatic heterocycles. The molecule has 9 nitrogen and oxygen atoms in total. The Bertz CT molecular complexity index is 1370. The largest absolute Gasteiger partial charge is 0.493 e. The van der Waals surface area contributed by atoms with Crippen LogP contribution in [0.15, 0.2) is 71.3 Å². The Balaban J connectivity index is 1.68. The first-order valence-electron chi connectivity index (χ1n) is 10.3. The molecule has 0 bridgehead atoms. The van der Waals surface area contributed by atoms with E-state index in [9.17, 15) is 20.2 Å². The fourth-order valence-corrected chi connectivity index (χ4v) is 4.49. The van der Waals surface area contributed by atoms with E-state index >= 15 is 0 Å². The number of benzene rings is 3. The Morgan fingerprint density at radius 2 is 1.85 bits per heavy atom. The van der Waals surface area contributed by atoms with Crippen LogP contribution < -0.4 is 9.47 Å². The molecule has 3 aromatic carbocycles. The second kappa shape index (κ2) is 9.92. The molecule has 4 rings (SSSR count). The molecule has 0 aliphatic heterocycles. The molecule has 0 aliphatic rings. The number of hydrogen-bond acceptors (Lipinski definition) is 6. The zero-order valence-corrected chi connectivity index (χ0v) is 19.7. The van der Waals surface area contributed by atoms with E-state index in [1.807, 2.05) is 24.3 Å². The van der Waals surface area contributed by atoms with E-state index < -0.39 is 10.8 Å². The SMILES string of the molecule is COc1cc([C@@H](C[N+](=O)[O-])c2c[nH]c3ccccc23)cc(Br)c1OCc1cccc([N+](=O)[O-])c1. The number of nitrogens with zero attached hydrogens (tertiary/aromatic N) is 2. The molecule has 0 radical (unpaired) electrons. The molecule has 0 amide bonds. The minimum absolute atomic E-state index is 0.0242. The van der Waals surface area contributed by atoms with Crippen LogP contribution >= 0.6 is 15.9 Å². The molecule has 1 atom stereocenters. The summed E-state index contributed by atoms with van der Waals surface area (Å²) in [6, 6.07) is 17.3. The number of nitrogens with one attached hydrogen (secondary N) is 1. The molecule has 0 fully saturated rings. The van der Waals surface area contributed by atoms with Gasteiger partial charge >= 0.3 is 0 Å². The van der Waals surface area contributed by atoms with Gasteiger partial charge in [0, 0.05) is 34.2 Å². The topological polar surface area (TPSA) is 121 Å². The van der Waals surface area contributed by atoms with Crippen LogP contribution in [0.5, 0.6) is 11.5 Å². The van der Waals surface area contributed by atoms with Crippen molar-refractivity contribution < 1.29 is 19.3 Å². The van der Waals surface area contributed by atoms with Crippen LogP contribution in [0.4, 0.5) is 5.69 Å². The lowest BCUT2D eigenvalue weighted by Crippen LogP contribution is -2.14. The van der Waals surface area contributed by atoms with Crippen molar-refractivity contribution in [2.45, 2.75) is 12.5 Å². The second-order valence-electron chi connectivity index (χ2n) is 7.61. The molecule has 10 heteroatoms. The number of H-pyrrole nitrogens is 1. The smallest absolute Gasteiger partial charge is 0.269 e. The van der Waals surface area contributed by atoms with Crippen LogP contribution in [0.3, 0.4) is 0 Å². The van der Waals surface area contributed by atoms with E-state index in [-0.39, 0.29) is 23.8 Å². The van der Waals surface area contributed by atoms with E-state index in [1.54, 1.807) is 30.5 Å². The van der Waals surface area contributed by atoms with Crippen molar-refractivity contribution in [2.24, 2.45) is 0 Å². The average Bonchev–Trinajstić information content (AvgIpc) is 3.25. The number of hydrogen-bond donors (Lipinski definition) is 1. The molecular weight excluding hydrogens is 506 g/mol. The number of fused-ring (bicyclic) bond motifs is 1. The first-order valence-corrected chi connectivity index (χ1v) is 11.1. The van der Waals surface area contributed by atoms with Crippen molar-refractivity contribution in [1.82, 2.24) is 4.98 Å². The predicted octanol–water partition coefficient (Wildman–Crippen LogP) is 5.83. The summed E-state index contributed by atoms with van der Waals surface area (Å²) in [7, 11) is 1.49. The number of nitro groups is 2. The monoisotopic (exact) mass is 525 g/mol. The van der Waals surface area contributed by atoms with Crippen LogP contribution in [0.1, 0.15) is 22.6 Å². The third-order valence-electron chi connectivity index (χ3n) is 5.49. The van der Waals surface area contributed by atoms with E-state index in [0.29, 0.717) is 27.1 Å². The quantitative estimate of drug-likeness (QED) is 0.216. The highest BCUT2D eigenvalue weighted by molar-refractivity contribution is 9.10. The Kier molecular flexibility index (Phi) is 6.78. The zero-order chi connectivity index (χ0) is 24.2. The number of aromatic nitrogens is 1. The van der Waals surface area contributed by atoms with Crippen molar-refractivity contribution in [2.75, 3.05) is 13.7 Å². The number of nitro benzene ring substituents is 1. The lowest BCUT2D eigenvalue weighted by Gasteiger charge is -2.18. The average molecular weight is 526 g/mol. The van der Waals surface area contributed by atoms with Crippen molar-refractivity contribution >= 4 is 32.5 Å². The standard InChI is InChI=1S/C24H20BrN3O6/c1-33-23-11-16(20(13-27(29)30)19-12-26-22-8-3-2-7-18(19)22)10-21(25)24(23)34-14-15-5-4-6-17(9-15)28(31)32/h2-12,20,26H,13-14H2,1H3/t20-/m1/s1. The maximum atomic E-state index is 11.5. The van der Waals surface area contributed by atoms with Gasteiger partial charge in [0.1, 0.15) is 6.61 Å². The summed E-state index contributed by atoms with van der Waals surface area (Å²) in [4.78, 5) is 24.9. The molecule has 4 aromatic rings. The molecule has 174 valence electrons. The Morgan fingerprint density at radius 3 is 2.59 bits per heavy atom. The van der Waals surface area contributed by atoms with Crippen LogP contribution in [0.2, 0.25) is 0 Å².